The second kappa shape index (κ2) is 9.01. The van der Waals surface area contributed by atoms with Gasteiger partial charge in [0.25, 0.3) is 5.91 Å². The van der Waals surface area contributed by atoms with Crippen molar-refractivity contribution in [1.82, 2.24) is 9.80 Å². The normalized spacial score (nSPS) is 20.6. The van der Waals surface area contributed by atoms with Crippen molar-refractivity contribution in [2.75, 3.05) is 39.9 Å². The summed E-state index contributed by atoms with van der Waals surface area (Å²) < 4.78 is 5.11. The number of benzene rings is 1. The Balaban J connectivity index is 1.98. The van der Waals surface area contributed by atoms with Gasteiger partial charge in [-0.3, -0.25) is 9.69 Å². The van der Waals surface area contributed by atoms with Gasteiger partial charge in [0.1, 0.15) is 5.75 Å². The maximum absolute atomic E-state index is 12.6. The van der Waals surface area contributed by atoms with Crippen molar-refractivity contribution < 1.29 is 19.7 Å². The molecule has 134 valence electrons. The van der Waals surface area contributed by atoms with Gasteiger partial charge in [-0.15, -0.1) is 0 Å². The lowest BCUT2D eigenvalue weighted by molar-refractivity contribution is 0.0760. The van der Waals surface area contributed by atoms with Crippen LogP contribution in [-0.2, 0) is 0 Å². The molecule has 0 spiro atoms. The summed E-state index contributed by atoms with van der Waals surface area (Å²) >= 11 is 0. The van der Waals surface area contributed by atoms with Gasteiger partial charge in [-0.1, -0.05) is 6.92 Å². The molecule has 0 bridgehead atoms. The van der Waals surface area contributed by atoms with E-state index in [2.05, 4.69) is 11.8 Å². The van der Waals surface area contributed by atoms with Crippen molar-refractivity contribution in [3.05, 3.63) is 29.8 Å². The number of methoxy groups -OCH3 is 1. The molecule has 6 nitrogen and oxygen atoms in total. The largest absolute Gasteiger partial charge is 0.497 e. The Morgan fingerprint density at radius 3 is 2.58 bits per heavy atom. The molecule has 1 aromatic rings. The SMILES string of the molecule is CCN(CCCCO)[C@H]1CN(C(=O)c2ccc(OC)cc2)C[C@@H]1O. The van der Waals surface area contributed by atoms with Crippen LogP contribution in [0.4, 0.5) is 0 Å². The molecule has 24 heavy (non-hydrogen) atoms. The fourth-order valence-corrected chi connectivity index (χ4v) is 3.20. The number of nitrogens with zero attached hydrogens (tertiary/aromatic N) is 2. The van der Waals surface area contributed by atoms with Gasteiger partial charge in [0.05, 0.1) is 19.3 Å². The van der Waals surface area contributed by atoms with Crippen LogP contribution in [0.5, 0.6) is 5.75 Å². The van der Waals surface area contributed by atoms with Crippen LogP contribution in [0.25, 0.3) is 0 Å². The Morgan fingerprint density at radius 2 is 2.00 bits per heavy atom. The monoisotopic (exact) mass is 336 g/mol. The van der Waals surface area contributed by atoms with Gasteiger partial charge in [0.2, 0.25) is 0 Å². The van der Waals surface area contributed by atoms with Crippen LogP contribution >= 0.6 is 0 Å². The minimum absolute atomic E-state index is 0.0455. The van der Waals surface area contributed by atoms with Gasteiger partial charge < -0.3 is 19.8 Å². The molecule has 0 aliphatic carbocycles. The van der Waals surface area contributed by atoms with Crippen LogP contribution in [0.3, 0.4) is 0 Å². The minimum atomic E-state index is -0.540. The molecule has 2 N–H and O–H groups in total. The molecule has 1 amide bonds. The van der Waals surface area contributed by atoms with Crippen molar-refractivity contribution in [2.24, 2.45) is 0 Å². The molecule has 1 aliphatic rings. The fraction of sp³-hybridized carbons (Fsp3) is 0.611. The summed E-state index contributed by atoms with van der Waals surface area (Å²) in [6.45, 7) is 4.76. The number of hydrogen-bond donors (Lipinski definition) is 2. The van der Waals surface area contributed by atoms with Crippen LogP contribution in [0.15, 0.2) is 24.3 Å². The highest BCUT2D eigenvalue weighted by Gasteiger charge is 2.37. The molecule has 2 atom stereocenters. The summed E-state index contributed by atoms with van der Waals surface area (Å²) in [5.74, 6) is 0.650. The predicted molar refractivity (Wildman–Crippen MR) is 92.3 cm³/mol. The number of ether oxygens (including phenoxy) is 1. The Bertz CT molecular complexity index is 520. The highest BCUT2D eigenvalue weighted by molar-refractivity contribution is 5.94. The Kier molecular flexibility index (Phi) is 7.02. The zero-order chi connectivity index (χ0) is 17.5. The van der Waals surface area contributed by atoms with E-state index in [0.29, 0.717) is 24.4 Å². The molecule has 2 rings (SSSR count). The van der Waals surface area contributed by atoms with Crippen LogP contribution in [0, 0.1) is 0 Å². The number of β-amino-alcohol motifs (C(OH)–C–C–N with tert-alkyl or cyclic N) is 1. The summed E-state index contributed by atoms with van der Waals surface area (Å²) in [7, 11) is 1.59. The number of aliphatic hydroxyl groups is 2. The number of carbonyl (C=O) groups excluding carboxylic acids is 1. The Labute approximate surface area is 143 Å². The third kappa shape index (κ3) is 4.47. The van der Waals surface area contributed by atoms with Crippen molar-refractivity contribution in [3.8, 4) is 5.75 Å². The molecular weight excluding hydrogens is 308 g/mol. The van der Waals surface area contributed by atoms with Gasteiger partial charge in [-0.2, -0.15) is 0 Å². The van der Waals surface area contributed by atoms with Crippen LogP contribution in [0.2, 0.25) is 0 Å². The molecule has 1 saturated heterocycles. The average molecular weight is 336 g/mol. The van der Waals surface area contributed by atoms with E-state index in [1.807, 2.05) is 0 Å². The molecule has 1 aromatic carbocycles. The number of rotatable bonds is 8. The number of aliphatic hydroxyl groups excluding tert-OH is 2. The van der Waals surface area contributed by atoms with Crippen molar-refractivity contribution in [1.29, 1.82) is 0 Å². The summed E-state index contributed by atoms with van der Waals surface area (Å²) in [6, 6.07) is 6.99. The number of unbranched alkanes of at least 4 members (excludes halogenated alkanes) is 1. The smallest absolute Gasteiger partial charge is 0.254 e. The second-order valence-electron chi connectivity index (χ2n) is 6.13. The second-order valence-corrected chi connectivity index (χ2v) is 6.13. The highest BCUT2D eigenvalue weighted by Crippen LogP contribution is 2.20. The number of likely N-dealkylation sites (tertiary alicyclic amines) is 1. The van der Waals surface area contributed by atoms with E-state index in [1.54, 1.807) is 36.3 Å². The van der Waals surface area contributed by atoms with Gasteiger partial charge in [-0.25, -0.2) is 0 Å². The molecule has 0 radical (unpaired) electrons. The van der Waals surface area contributed by atoms with Gasteiger partial charge >= 0.3 is 0 Å². The van der Waals surface area contributed by atoms with Crippen molar-refractivity contribution in [3.63, 3.8) is 0 Å². The third-order valence-corrected chi connectivity index (χ3v) is 4.61. The Morgan fingerprint density at radius 1 is 1.29 bits per heavy atom. The number of likely N-dealkylation sites (N-methyl/N-ethyl adjacent to an activating group) is 1. The molecule has 6 heteroatoms. The first kappa shape index (κ1) is 18.7. The van der Waals surface area contributed by atoms with E-state index in [1.165, 1.54) is 0 Å². The first-order valence-corrected chi connectivity index (χ1v) is 8.57. The first-order chi connectivity index (χ1) is 11.6. The van der Waals surface area contributed by atoms with Gasteiger partial charge in [-0.05, 0) is 50.2 Å². The number of amides is 1. The summed E-state index contributed by atoms with van der Waals surface area (Å²) in [5, 5.41) is 19.3. The molecule has 0 aromatic heterocycles. The topological polar surface area (TPSA) is 73.2 Å². The molecule has 1 aliphatic heterocycles. The lowest BCUT2D eigenvalue weighted by Crippen LogP contribution is -2.44. The van der Waals surface area contributed by atoms with Crippen LogP contribution < -0.4 is 4.74 Å². The Hall–Kier alpha value is -1.63. The quantitative estimate of drug-likeness (QED) is 0.692. The molecular formula is C18H28N2O4. The van der Waals surface area contributed by atoms with E-state index >= 15 is 0 Å². The zero-order valence-corrected chi connectivity index (χ0v) is 14.5. The van der Waals surface area contributed by atoms with Crippen LogP contribution in [0.1, 0.15) is 30.1 Å². The number of carbonyl (C=O) groups is 1. The van der Waals surface area contributed by atoms with E-state index in [0.717, 1.165) is 25.9 Å². The molecule has 0 saturated carbocycles. The van der Waals surface area contributed by atoms with Crippen LogP contribution in [-0.4, -0.2) is 78.0 Å². The standard InChI is InChI=1S/C18H28N2O4/c1-3-19(10-4-5-11-21)16-12-20(13-17(16)22)18(23)14-6-8-15(24-2)9-7-14/h6-9,16-17,21-22H,3-5,10-13H2,1-2H3/t16-,17-/m0/s1. The number of hydrogen-bond acceptors (Lipinski definition) is 5. The van der Waals surface area contributed by atoms with Gasteiger partial charge in [0, 0.05) is 25.3 Å². The summed E-state index contributed by atoms with van der Waals surface area (Å²) in [5.41, 5.74) is 0.604. The van der Waals surface area contributed by atoms with E-state index < -0.39 is 6.10 Å². The maximum atomic E-state index is 12.6. The summed E-state index contributed by atoms with van der Waals surface area (Å²) in [6.07, 6.45) is 1.11. The van der Waals surface area contributed by atoms with E-state index in [9.17, 15) is 9.90 Å². The van der Waals surface area contributed by atoms with E-state index in [4.69, 9.17) is 9.84 Å². The highest BCUT2D eigenvalue weighted by atomic mass is 16.5. The molecule has 1 fully saturated rings. The summed E-state index contributed by atoms with van der Waals surface area (Å²) in [4.78, 5) is 16.5. The minimum Gasteiger partial charge on any atom is -0.497 e. The van der Waals surface area contributed by atoms with Crippen molar-refractivity contribution >= 4 is 5.91 Å². The van der Waals surface area contributed by atoms with E-state index in [-0.39, 0.29) is 18.6 Å². The van der Waals surface area contributed by atoms with Crippen molar-refractivity contribution in [2.45, 2.75) is 31.9 Å². The maximum Gasteiger partial charge on any atom is 0.254 e. The first-order valence-electron chi connectivity index (χ1n) is 8.57. The molecule has 1 heterocycles. The fourth-order valence-electron chi connectivity index (χ4n) is 3.20. The lowest BCUT2D eigenvalue weighted by Gasteiger charge is -2.29. The zero-order valence-electron chi connectivity index (χ0n) is 14.5. The predicted octanol–water partition coefficient (Wildman–Crippen LogP) is 0.975. The van der Waals surface area contributed by atoms with Gasteiger partial charge in [0.15, 0.2) is 0 Å². The lowest BCUT2D eigenvalue weighted by atomic mass is 10.1. The molecule has 0 unspecified atom stereocenters. The third-order valence-electron chi connectivity index (χ3n) is 4.61. The average Bonchev–Trinajstić information content (AvgIpc) is 3.00.